The fraction of sp³-hybridized carbons (Fsp3) is 0.667. The molecule has 0 aromatic heterocycles. The van der Waals surface area contributed by atoms with Crippen LogP contribution in [-0.4, -0.2) is 31.9 Å². The molecule has 0 amide bonds. The van der Waals surface area contributed by atoms with E-state index in [1.165, 1.54) is 14.2 Å². The molecule has 0 saturated heterocycles. The van der Waals surface area contributed by atoms with Crippen molar-refractivity contribution >= 4 is 17.7 Å². The summed E-state index contributed by atoms with van der Waals surface area (Å²) in [5, 5.41) is 0. The minimum Gasteiger partial charge on any atom is -0.469 e. The van der Waals surface area contributed by atoms with Gasteiger partial charge in [0.1, 0.15) is 0 Å². The molecule has 0 spiro atoms. The fourth-order valence-electron chi connectivity index (χ4n) is 3.55. The molecule has 1 saturated carbocycles. The highest BCUT2D eigenvalue weighted by Gasteiger charge is 2.49. The van der Waals surface area contributed by atoms with Gasteiger partial charge in [-0.15, -0.1) is 0 Å². The van der Waals surface area contributed by atoms with Crippen LogP contribution in [0.5, 0.6) is 0 Å². The number of hydrogen-bond donors (Lipinski definition) is 0. The molecule has 2 aliphatic rings. The first-order valence-electron chi connectivity index (χ1n) is 6.94. The molecule has 0 heterocycles. The van der Waals surface area contributed by atoms with Gasteiger partial charge < -0.3 is 9.47 Å². The number of carbonyl (C=O) groups excluding carboxylic acids is 3. The third-order valence-electron chi connectivity index (χ3n) is 4.50. The summed E-state index contributed by atoms with van der Waals surface area (Å²) in [5.74, 6) is -2.02. The van der Waals surface area contributed by atoms with Gasteiger partial charge in [-0.1, -0.05) is 12.8 Å². The standard InChI is InChI=1S/C15H20O5/c1-8-11(15(18)20-3)9-6-4-5-7-10(14(17)19-2)12(9)13(8)16/h9-10,12H,4-7H2,1-3H3/t9-,10-,12+/m0/s1. The molecule has 0 aromatic carbocycles. The molecule has 0 aromatic rings. The first kappa shape index (κ1) is 14.8. The van der Waals surface area contributed by atoms with E-state index in [0.717, 1.165) is 19.3 Å². The van der Waals surface area contributed by atoms with E-state index in [2.05, 4.69) is 0 Å². The lowest BCUT2D eigenvalue weighted by molar-refractivity contribution is -0.150. The second-order valence-corrected chi connectivity index (χ2v) is 5.44. The third kappa shape index (κ3) is 2.25. The summed E-state index contributed by atoms with van der Waals surface area (Å²) in [5.41, 5.74) is 0.904. The zero-order valence-corrected chi connectivity index (χ0v) is 12.1. The summed E-state index contributed by atoms with van der Waals surface area (Å²) in [4.78, 5) is 36.4. The summed E-state index contributed by atoms with van der Waals surface area (Å²) < 4.78 is 9.63. The van der Waals surface area contributed by atoms with Crippen molar-refractivity contribution in [1.82, 2.24) is 0 Å². The number of allylic oxidation sites excluding steroid dienone is 1. The van der Waals surface area contributed by atoms with E-state index in [4.69, 9.17) is 9.47 Å². The van der Waals surface area contributed by atoms with Gasteiger partial charge in [0.15, 0.2) is 5.78 Å². The van der Waals surface area contributed by atoms with Crippen LogP contribution in [0.4, 0.5) is 0 Å². The maximum absolute atomic E-state index is 12.5. The number of ether oxygens (including phenoxy) is 2. The lowest BCUT2D eigenvalue weighted by atomic mass is 9.79. The number of carbonyl (C=O) groups is 3. The van der Waals surface area contributed by atoms with Crippen molar-refractivity contribution < 1.29 is 23.9 Å². The van der Waals surface area contributed by atoms with Crippen LogP contribution in [0.25, 0.3) is 0 Å². The Morgan fingerprint density at radius 2 is 1.75 bits per heavy atom. The van der Waals surface area contributed by atoms with E-state index in [-0.39, 0.29) is 17.7 Å². The predicted octanol–water partition coefficient (Wildman–Crippen LogP) is 1.65. The first-order valence-corrected chi connectivity index (χ1v) is 6.94. The lowest BCUT2D eigenvalue weighted by Gasteiger charge is -2.23. The molecular formula is C15H20O5. The van der Waals surface area contributed by atoms with Crippen molar-refractivity contribution in [3.63, 3.8) is 0 Å². The Morgan fingerprint density at radius 3 is 2.35 bits per heavy atom. The van der Waals surface area contributed by atoms with Gasteiger partial charge >= 0.3 is 11.9 Å². The van der Waals surface area contributed by atoms with Crippen molar-refractivity contribution in [2.75, 3.05) is 14.2 Å². The second kappa shape index (κ2) is 5.77. The molecule has 5 nitrogen and oxygen atoms in total. The van der Waals surface area contributed by atoms with Gasteiger partial charge in [0.2, 0.25) is 0 Å². The molecular weight excluding hydrogens is 260 g/mol. The molecule has 20 heavy (non-hydrogen) atoms. The Balaban J connectivity index is 2.40. The van der Waals surface area contributed by atoms with Crippen LogP contribution in [0.2, 0.25) is 0 Å². The fourth-order valence-corrected chi connectivity index (χ4v) is 3.55. The molecule has 3 atom stereocenters. The van der Waals surface area contributed by atoms with Crippen molar-refractivity contribution in [3.8, 4) is 0 Å². The Morgan fingerprint density at radius 1 is 1.10 bits per heavy atom. The molecule has 0 radical (unpaired) electrons. The minimum absolute atomic E-state index is 0.104. The number of Topliss-reactive ketones (excluding diaryl/α,β-unsaturated/α-hetero) is 1. The molecule has 110 valence electrons. The SMILES string of the molecule is COC(=O)C1=C(C)C(=O)[C@H]2[C@@H](C(=O)OC)CCCC[C@@H]12. The van der Waals surface area contributed by atoms with Gasteiger partial charge in [0.05, 0.1) is 20.1 Å². The molecule has 0 bridgehead atoms. The van der Waals surface area contributed by atoms with Gasteiger partial charge in [-0.3, -0.25) is 9.59 Å². The molecule has 0 N–H and O–H groups in total. The number of rotatable bonds is 2. The van der Waals surface area contributed by atoms with Crippen LogP contribution in [-0.2, 0) is 23.9 Å². The van der Waals surface area contributed by atoms with Crippen LogP contribution < -0.4 is 0 Å². The summed E-state index contributed by atoms with van der Waals surface area (Å²) in [7, 11) is 2.65. The summed E-state index contributed by atoms with van der Waals surface area (Å²) in [6.07, 6.45) is 3.15. The van der Waals surface area contributed by atoms with E-state index in [1.54, 1.807) is 6.92 Å². The van der Waals surface area contributed by atoms with E-state index >= 15 is 0 Å². The number of methoxy groups -OCH3 is 2. The van der Waals surface area contributed by atoms with E-state index in [9.17, 15) is 14.4 Å². The smallest absolute Gasteiger partial charge is 0.334 e. The van der Waals surface area contributed by atoms with Crippen LogP contribution >= 0.6 is 0 Å². The van der Waals surface area contributed by atoms with Gasteiger partial charge in [0, 0.05) is 23.0 Å². The van der Waals surface area contributed by atoms with Gasteiger partial charge in [-0.05, 0) is 19.8 Å². The third-order valence-corrected chi connectivity index (χ3v) is 4.50. The highest BCUT2D eigenvalue weighted by molar-refractivity contribution is 6.10. The zero-order valence-electron chi connectivity index (χ0n) is 12.1. The molecule has 1 fully saturated rings. The Bertz CT molecular complexity index is 477. The Hall–Kier alpha value is -1.65. The normalized spacial score (nSPS) is 29.8. The quantitative estimate of drug-likeness (QED) is 0.719. The van der Waals surface area contributed by atoms with Gasteiger partial charge in [-0.25, -0.2) is 4.79 Å². The largest absolute Gasteiger partial charge is 0.469 e. The summed E-state index contributed by atoms with van der Waals surface area (Å²) in [6.45, 7) is 1.65. The number of fused-ring (bicyclic) bond motifs is 1. The topological polar surface area (TPSA) is 69.7 Å². The van der Waals surface area contributed by atoms with Crippen molar-refractivity contribution in [1.29, 1.82) is 0 Å². The van der Waals surface area contributed by atoms with Crippen LogP contribution in [0.1, 0.15) is 32.6 Å². The number of hydrogen-bond acceptors (Lipinski definition) is 5. The van der Waals surface area contributed by atoms with Crippen LogP contribution in [0, 0.1) is 17.8 Å². The summed E-state index contributed by atoms with van der Waals surface area (Å²) >= 11 is 0. The lowest BCUT2D eigenvalue weighted by Crippen LogP contribution is -2.32. The average molecular weight is 280 g/mol. The predicted molar refractivity (Wildman–Crippen MR) is 70.7 cm³/mol. The first-order chi connectivity index (χ1) is 9.52. The maximum Gasteiger partial charge on any atom is 0.334 e. The molecule has 0 unspecified atom stereocenters. The van der Waals surface area contributed by atoms with E-state index < -0.39 is 17.8 Å². The molecule has 2 aliphatic carbocycles. The number of esters is 2. The monoisotopic (exact) mass is 280 g/mol. The minimum atomic E-state index is -0.459. The Kier molecular flexibility index (Phi) is 4.26. The maximum atomic E-state index is 12.5. The van der Waals surface area contributed by atoms with E-state index in [0.29, 0.717) is 17.6 Å². The van der Waals surface area contributed by atoms with Crippen molar-refractivity contribution in [3.05, 3.63) is 11.1 Å². The molecule has 0 aliphatic heterocycles. The second-order valence-electron chi connectivity index (χ2n) is 5.44. The van der Waals surface area contributed by atoms with Gasteiger partial charge in [0.25, 0.3) is 0 Å². The highest BCUT2D eigenvalue weighted by atomic mass is 16.5. The van der Waals surface area contributed by atoms with Crippen molar-refractivity contribution in [2.45, 2.75) is 32.6 Å². The zero-order chi connectivity index (χ0) is 14.9. The summed E-state index contributed by atoms with van der Waals surface area (Å²) in [6, 6.07) is 0. The molecule has 5 heteroatoms. The van der Waals surface area contributed by atoms with Crippen LogP contribution in [0.15, 0.2) is 11.1 Å². The average Bonchev–Trinajstić information content (AvgIpc) is 2.62. The van der Waals surface area contributed by atoms with Crippen LogP contribution in [0.3, 0.4) is 0 Å². The molecule has 2 rings (SSSR count). The Labute approximate surface area is 118 Å². The highest BCUT2D eigenvalue weighted by Crippen LogP contribution is 2.45. The number of ketones is 1. The van der Waals surface area contributed by atoms with Crippen molar-refractivity contribution in [2.24, 2.45) is 17.8 Å². The van der Waals surface area contributed by atoms with E-state index in [1.807, 2.05) is 0 Å². The van der Waals surface area contributed by atoms with Gasteiger partial charge in [-0.2, -0.15) is 0 Å².